The van der Waals surface area contributed by atoms with Crippen LogP contribution < -0.4 is 5.32 Å². The van der Waals surface area contributed by atoms with Gasteiger partial charge >= 0.3 is 0 Å². The largest absolute Gasteiger partial charge is 0.310 e. The van der Waals surface area contributed by atoms with Gasteiger partial charge in [-0.3, -0.25) is 0 Å². The normalized spacial score (nSPS) is 14.6. The number of rotatable bonds is 7. The molecule has 0 aliphatic rings. The third-order valence-corrected chi connectivity index (χ3v) is 3.91. The highest BCUT2D eigenvalue weighted by Crippen LogP contribution is 2.14. The molecule has 0 spiro atoms. The third kappa shape index (κ3) is 5.69. The van der Waals surface area contributed by atoms with E-state index in [2.05, 4.69) is 66.3 Å². The van der Waals surface area contributed by atoms with Crippen molar-refractivity contribution in [3.05, 3.63) is 34.3 Å². The SMILES string of the molecule is CCC(C)CC(CC)NCc1ccc(Br)cc1. The van der Waals surface area contributed by atoms with Gasteiger partial charge in [0, 0.05) is 17.1 Å². The van der Waals surface area contributed by atoms with E-state index in [9.17, 15) is 0 Å². The van der Waals surface area contributed by atoms with Gasteiger partial charge in [-0.1, -0.05) is 55.3 Å². The lowest BCUT2D eigenvalue weighted by Gasteiger charge is -2.20. The second kappa shape index (κ2) is 7.88. The fourth-order valence-corrected chi connectivity index (χ4v) is 2.18. The van der Waals surface area contributed by atoms with Crippen molar-refractivity contribution in [2.24, 2.45) is 5.92 Å². The molecule has 1 aromatic rings. The summed E-state index contributed by atoms with van der Waals surface area (Å²) in [6.07, 6.45) is 3.76. The average molecular weight is 298 g/mol. The van der Waals surface area contributed by atoms with Crippen LogP contribution in [0.5, 0.6) is 0 Å². The standard InChI is InChI=1S/C15H24BrN/c1-4-12(3)10-15(5-2)17-11-13-6-8-14(16)9-7-13/h6-9,12,15,17H,4-5,10-11H2,1-3H3. The van der Waals surface area contributed by atoms with Crippen LogP contribution in [0.3, 0.4) is 0 Å². The summed E-state index contributed by atoms with van der Waals surface area (Å²) in [5.41, 5.74) is 1.36. The molecule has 17 heavy (non-hydrogen) atoms. The minimum absolute atomic E-state index is 0.647. The van der Waals surface area contributed by atoms with Crippen molar-refractivity contribution in [1.29, 1.82) is 0 Å². The molecule has 0 aromatic heterocycles. The average Bonchev–Trinajstić information content (AvgIpc) is 2.36. The van der Waals surface area contributed by atoms with Crippen LogP contribution in [0.4, 0.5) is 0 Å². The van der Waals surface area contributed by atoms with Gasteiger partial charge in [0.15, 0.2) is 0 Å². The number of hydrogen-bond donors (Lipinski definition) is 1. The highest BCUT2D eigenvalue weighted by Gasteiger charge is 2.09. The van der Waals surface area contributed by atoms with E-state index < -0.39 is 0 Å². The van der Waals surface area contributed by atoms with Crippen LogP contribution in [0.1, 0.15) is 45.6 Å². The molecule has 1 nitrogen and oxygen atoms in total. The van der Waals surface area contributed by atoms with Gasteiger partial charge in [-0.25, -0.2) is 0 Å². The first-order chi connectivity index (χ1) is 8.15. The molecule has 0 fully saturated rings. The summed E-state index contributed by atoms with van der Waals surface area (Å²) in [7, 11) is 0. The van der Waals surface area contributed by atoms with Gasteiger partial charge in [-0.15, -0.1) is 0 Å². The highest BCUT2D eigenvalue weighted by atomic mass is 79.9. The molecule has 1 N–H and O–H groups in total. The summed E-state index contributed by atoms with van der Waals surface area (Å²) in [5, 5.41) is 3.66. The number of halogens is 1. The predicted molar refractivity (Wildman–Crippen MR) is 79.1 cm³/mol. The van der Waals surface area contributed by atoms with Crippen LogP contribution in [0.2, 0.25) is 0 Å². The molecule has 2 atom stereocenters. The molecule has 0 bridgehead atoms. The molecule has 2 unspecified atom stereocenters. The maximum Gasteiger partial charge on any atom is 0.0208 e. The van der Waals surface area contributed by atoms with Crippen LogP contribution in [0, 0.1) is 5.92 Å². The Labute approximate surface area is 114 Å². The second-order valence-electron chi connectivity index (χ2n) is 4.86. The first kappa shape index (κ1) is 14.7. The van der Waals surface area contributed by atoms with Gasteiger partial charge in [0.05, 0.1) is 0 Å². The number of nitrogens with one attached hydrogen (secondary N) is 1. The smallest absolute Gasteiger partial charge is 0.0208 e. The van der Waals surface area contributed by atoms with Crippen LogP contribution in [0.15, 0.2) is 28.7 Å². The van der Waals surface area contributed by atoms with E-state index in [0.717, 1.165) is 16.9 Å². The van der Waals surface area contributed by atoms with Crippen molar-refractivity contribution in [1.82, 2.24) is 5.32 Å². The topological polar surface area (TPSA) is 12.0 Å². The minimum Gasteiger partial charge on any atom is -0.310 e. The van der Waals surface area contributed by atoms with Crippen LogP contribution in [-0.2, 0) is 6.54 Å². The maximum atomic E-state index is 3.66. The molecular weight excluding hydrogens is 274 g/mol. The van der Waals surface area contributed by atoms with Crippen molar-refractivity contribution in [3.63, 3.8) is 0 Å². The van der Waals surface area contributed by atoms with E-state index >= 15 is 0 Å². The Hall–Kier alpha value is -0.340. The summed E-state index contributed by atoms with van der Waals surface area (Å²) in [4.78, 5) is 0. The molecule has 2 heteroatoms. The predicted octanol–water partition coefficient (Wildman–Crippen LogP) is 4.75. The van der Waals surface area contributed by atoms with Crippen molar-refractivity contribution in [2.75, 3.05) is 0 Å². The first-order valence-electron chi connectivity index (χ1n) is 6.63. The van der Waals surface area contributed by atoms with E-state index in [1.165, 1.54) is 24.8 Å². The molecule has 0 saturated carbocycles. The van der Waals surface area contributed by atoms with Gasteiger partial charge in [0.25, 0.3) is 0 Å². The Bertz CT molecular complexity index is 307. The van der Waals surface area contributed by atoms with Gasteiger partial charge < -0.3 is 5.32 Å². The minimum atomic E-state index is 0.647. The third-order valence-electron chi connectivity index (χ3n) is 3.38. The molecular formula is C15H24BrN. The van der Waals surface area contributed by atoms with Crippen molar-refractivity contribution < 1.29 is 0 Å². The molecule has 0 saturated heterocycles. The van der Waals surface area contributed by atoms with Crippen molar-refractivity contribution in [2.45, 2.75) is 52.6 Å². The van der Waals surface area contributed by atoms with E-state index in [0.29, 0.717) is 6.04 Å². The zero-order valence-corrected chi connectivity index (χ0v) is 12.8. The van der Waals surface area contributed by atoms with Crippen LogP contribution >= 0.6 is 15.9 Å². The summed E-state index contributed by atoms with van der Waals surface area (Å²) in [5.74, 6) is 0.817. The lowest BCUT2D eigenvalue weighted by atomic mass is 9.97. The summed E-state index contributed by atoms with van der Waals surface area (Å²) in [6, 6.07) is 9.20. The lowest BCUT2D eigenvalue weighted by Crippen LogP contribution is -2.29. The van der Waals surface area contributed by atoms with Crippen molar-refractivity contribution in [3.8, 4) is 0 Å². The zero-order valence-electron chi connectivity index (χ0n) is 11.2. The highest BCUT2D eigenvalue weighted by molar-refractivity contribution is 9.10. The van der Waals surface area contributed by atoms with E-state index in [-0.39, 0.29) is 0 Å². The molecule has 96 valence electrons. The van der Waals surface area contributed by atoms with Gasteiger partial charge in [-0.2, -0.15) is 0 Å². The Morgan fingerprint density at radius 2 is 1.76 bits per heavy atom. The first-order valence-corrected chi connectivity index (χ1v) is 7.42. The second-order valence-corrected chi connectivity index (χ2v) is 5.78. The van der Waals surface area contributed by atoms with E-state index in [4.69, 9.17) is 0 Å². The maximum absolute atomic E-state index is 3.66. The fraction of sp³-hybridized carbons (Fsp3) is 0.600. The Kier molecular flexibility index (Phi) is 6.83. The molecule has 0 heterocycles. The Balaban J connectivity index is 2.39. The zero-order chi connectivity index (χ0) is 12.7. The number of hydrogen-bond acceptors (Lipinski definition) is 1. The molecule has 0 radical (unpaired) electrons. The fourth-order valence-electron chi connectivity index (χ4n) is 1.91. The number of benzene rings is 1. The quantitative estimate of drug-likeness (QED) is 0.765. The van der Waals surface area contributed by atoms with Crippen LogP contribution in [0.25, 0.3) is 0 Å². The summed E-state index contributed by atoms with van der Waals surface area (Å²) in [6.45, 7) is 7.85. The molecule has 0 aliphatic heterocycles. The monoisotopic (exact) mass is 297 g/mol. The van der Waals surface area contributed by atoms with Gasteiger partial charge in [-0.05, 0) is 36.5 Å². The van der Waals surface area contributed by atoms with Crippen molar-refractivity contribution >= 4 is 15.9 Å². The Morgan fingerprint density at radius 1 is 1.12 bits per heavy atom. The lowest BCUT2D eigenvalue weighted by molar-refractivity contribution is 0.384. The molecule has 1 aromatic carbocycles. The van der Waals surface area contributed by atoms with E-state index in [1.807, 2.05) is 0 Å². The van der Waals surface area contributed by atoms with Gasteiger partial charge in [0.2, 0.25) is 0 Å². The van der Waals surface area contributed by atoms with Gasteiger partial charge in [0.1, 0.15) is 0 Å². The summed E-state index contributed by atoms with van der Waals surface area (Å²) < 4.78 is 1.15. The molecule has 0 aliphatic carbocycles. The molecule has 1 rings (SSSR count). The molecule has 0 amide bonds. The Morgan fingerprint density at radius 3 is 2.29 bits per heavy atom. The van der Waals surface area contributed by atoms with E-state index in [1.54, 1.807) is 0 Å². The van der Waals surface area contributed by atoms with Crippen LogP contribution in [-0.4, -0.2) is 6.04 Å². The summed E-state index contributed by atoms with van der Waals surface area (Å²) >= 11 is 3.46.